The van der Waals surface area contributed by atoms with Gasteiger partial charge in [-0.15, -0.1) is 11.3 Å². The predicted octanol–water partition coefficient (Wildman–Crippen LogP) is 2.76. The fraction of sp³-hybridized carbons (Fsp3) is 0.300. The topological polar surface area (TPSA) is 102 Å². The highest BCUT2D eigenvalue weighted by molar-refractivity contribution is 7.20. The molecule has 0 saturated heterocycles. The van der Waals surface area contributed by atoms with Gasteiger partial charge in [0.1, 0.15) is 9.71 Å². The Bertz CT molecular complexity index is 1070. The van der Waals surface area contributed by atoms with Crippen LogP contribution >= 0.6 is 11.3 Å². The van der Waals surface area contributed by atoms with E-state index in [0.29, 0.717) is 11.4 Å². The van der Waals surface area contributed by atoms with Crippen molar-refractivity contribution in [2.45, 2.75) is 33.4 Å². The number of rotatable bonds is 5. The van der Waals surface area contributed by atoms with E-state index in [2.05, 4.69) is 15.7 Å². The highest BCUT2D eigenvalue weighted by Crippen LogP contribution is 2.29. The first kappa shape index (κ1) is 20.5. The summed E-state index contributed by atoms with van der Waals surface area (Å²) in [6, 6.07) is 9.25. The number of thiophene rings is 1. The number of ether oxygens (including phenoxy) is 1. The van der Waals surface area contributed by atoms with Gasteiger partial charge in [-0.25, -0.2) is 9.59 Å². The molecular formula is C20H22N4O4S. The lowest BCUT2D eigenvalue weighted by atomic mass is 10.1. The number of benzene rings is 1. The largest absolute Gasteiger partial charge is 0.448 e. The van der Waals surface area contributed by atoms with Gasteiger partial charge in [0, 0.05) is 12.4 Å². The van der Waals surface area contributed by atoms with Crippen molar-refractivity contribution in [1.82, 2.24) is 20.4 Å². The van der Waals surface area contributed by atoms with Crippen LogP contribution in [0.1, 0.15) is 33.4 Å². The quantitative estimate of drug-likeness (QED) is 0.625. The molecule has 0 aliphatic rings. The third-order valence-electron chi connectivity index (χ3n) is 4.38. The summed E-state index contributed by atoms with van der Waals surface area (Å²) < 4.78 is 7.06. The Kier molecular flexibility index (Phi) is 5.97. The van der Waals surface area contributed by atoms with Gasteiger partial charge >= 0.3 is 12.0 Å². The summed E-state index contributed by atoms with van der Waals surface area (Å²) in [6.45, 7) is 5.92. The van der Waals surface area contributed by atoms with E-state index >= 15 is 0 Å². The third-order valence-corrected chi connectivity index (χ3v) is 5.51. The maximum absolute atomic E-state index is 12.5. The summed E-state index contributed by atoms with van der Waals surface area (Å²) >= 11 is 1.26. The third kappa shape index (κ3) is 4.62. The van der Waals surface area contributed by atoms with Crippen LogP contribution in [0.4, 0.5) is 4.79 Å². The minimum atomic E-state index is -1.10. The van der Waals surface area contributed by atoms with Crippen molar-refractivity contribution in [2.24, 2.45) is 0 Å². The molecule has 0 saturated carbocycles. The highest BCUT2D eigenvalue weighted by Gasteiger charge is 2.23. The lowest BCUT2D eigenvalue weighted by Gasteiger charge is -2.11. The van der Waals surface area contributed by atoms with Crippen molar-refractivity contribution in [3.05, 3.63) is 52.0 Å². The summed E-state index contributed by atoms with van der Waals surface area (Å²) in [5.41, 5.74) is 3.11. The summed E-state index contributed by atoms with van der Waals surface area (Å²) in [5.74, 6) is -1.31. The normalized spacial score (nSPS) is 11.9. The monoisotopic (exact) mass is 414 g/mol. The van der Waals surface area contributed by atoms with Crippen molar-refractivity contribution in [1.29, 1.82) is 0 Å². The van der Waals surface area contributed by atoms with Gasteiger partial charge in [0.2, 0.25) is 0 Å². The van der Waals surface area contributed by atoms with Gasteiger partial charge in [-0.05, 0) is 32.4 Å². The fourth-order valence-electron chi connectivity index (χ4n) is 2.74. The first-order chi connectivity index (χ1) is 13.8. The minimum absolute atomic E-state index is 0.373. The van der Waals surface area contributed by atoms with Crippen molar-refractivity contribution in [3.63, 3.8) is 0 Å². The number of amides is 3. The smallest absolute Gasteiger partial charge is 0.349 e. The molecule has 29 heavy (non-hydrogen) atoms. The molecule has 0 unspecified atom stereocenters. The molecule has 0 spiro atoms. The second-order valence-corrected chi connectivity index (χ2v) is 7.70. The van der Waals surface area contributed by atoms with Crippen molar-refractivity contribution in [2.75, 3.05) is 7.05 Å². The van der Waals surface area contributed by atoms with Crippen LogP contribution in [0.2, 0.25) is 0 Å². The maximum Gasteiger partial charge on any atom is 0.349 e. The number of aryl methyl sites for hydroxylation is 2. The highest BCUT2D eigenvalue weighted by atomic mass is 32.1. The van der Waals surface area contributed by atoms with Crippen molar-refractivity contribution in [3.8, 4) is 0 Å². The number of hydrogen-bond donors (Lipinski definition) is 2. The molecule has 3 aromatic rings. The SMILES string of the molecule is CNC(=O)NC(=O)[C@H](C)OC(=O)c1cc2c(C)nn(Cc3ccc(C)cc3)c2s1. The number of hydrogen-bond acceptors (Lipinski definition) is 6. The van der Waals surface area contributed by atoms with Crippen LogP contribution in [-0.2, 0) is 16.1 Å². The molecule has 1 atom stereocenters. The van der Waals surface area contributed by atoms with Crippen LogP contribution in [0.15, 0.2) is 30.3 Å². The molecule has 2 heterocycles. The first-order valence-corrected chi connectivity index (χ1v) is 9.86. The van der Waals surface area contributed by atoms with Gasteiger partial charge in [-0.1, -0.05) is 29.8 Å². The van der Waals surface area contributed by atoms with E-state index < -0.39 is 24.0 Å². The zero-order valence-corrected chi connectivity index (χ0v) is 17.4. The molecule has 3 rings (SSSR count). The zero-order chi connectivity index (χ0) is 21.1. The molecule has 2 aromatic heterocycles. The van der Waals surface area contributed by atoms with Crippen LogP contribution in [0.25, 0.3) is 10.2 Å². The molecule has 152 valence electrons. The van der Waals surface area contributed by atoms with Crippen LogP contribution in [0.5, 0.6) is 0 Å². The number of imide groups is 1. The molecule has 9 heteroatoms. The van der Waals surface area contributed by atoms with E-state index in [1.54, 1.807) is 6.07 Å². The Labute approximate surface area is 171 Å². The first-order valence-electron chi connectivity index (χ1n) is 9.04. The second-order valence-electron chi connectivity index (χ2n) is 6.67. The number of nitrogens with zero attached hydrogens (tertiary/aromatic N) is 2. The van der Waals surface area contributed by atoms with Gasteiger partial charge in [0.25, 0.3) is 5.91 Å². The van der Waals surface area contributed by atoms with E-state index in [0.717, 1.165) is 21.5 Å². The number of nitrogens with one attached hydrogen (secondary N) is 2. The Balaban J connectivity index is 1.77. The average Bonchev–Trinajstić information content (AvgIpc) is 3.25. The number of esters is 1. The summed E-state index contributed by atoms with van der Waals surface area (Å²) in [5, 5.41) is 9.78. The molecule has 0 aliphatic heterocycles. The van der Waals surface area contributed by atoms with Crippen LogP contribution in [0.3, 0.4) is 0 Å². The molecular weight excluding hydrogens is 392 g/mol. The number of aromatic nitrogens is 2. The van der Waals surface area contributed by atoms with Crippen molar-refractivity contribution >= 4 is 39.5 Å². The van der Waals surface area contributed by atoms with E-state index in [1.165, 1.54) is 30.9 Å². The Morgan fingerprint density at radius 3 is 2.55 bits per heavy atom. The zero-order valence-electron chi connectivity index (χ0n) is 16.6. The average molecular weight is 414 g/mol. The molecule has 0 bridgehead atoms. The number of carbonyl (C=O) groups is 3. The molecule has 8 nitrogen and oxygen atoms in total. The maximum atomic E-state index is 12.5. The van der Waals surface area contributed by atoms with Gasteiger partial charge < -0.3 is 10.1 Å². The van der Waals surface area contributed by atoms with Gasteiger partial charge in [-0.2, -0.15) is 5.10 Å². The molecule has 1 aromatic carbocycles. The van der Waals surface area contributed by atoms with Crippen LogP contribution in [-0.4, -0.2) is 40.8 Å². The van der Waals surface area contributed by atoms with E-state index in [4.69, 9.17) is 4.74 Å². The second kappa shape index (κ2) is 8.44. The number of fused-ring (bicyclic) bond motifs is 1. The summed E-state index contributed by atoms with van der Waals surface area (Å²) in [6.07, 6.45) is -1.10. The molecule has 2 N–H and O–H groups in total. The lowest BCUT2D eigenvalue weighted by Crippen LogP contribution is -2.43. The minimum Gasteiger partial charge on any atom is -0.448 e. The Morgan fingerprint density at radius 2 is 1.90 bits per heavy atom. The van der Waals surface area contributed by atoms with E-state index in [9.17, 15) is 14.4 Å². The number of urea groups is 1. The fourth-order valence-corrected chi connectivity index (χ4v) is 3.78. The molecule has 0 radical (unpaired) electrons. The van der Waals surface area contributed by atoms with Gasteiger partial charge in [0.05, 0.1) is 12.2 Å². The summed E-state index contributed by atoms with van der Waals surface area (Å²) in [7, 11) is 1.39. The van der Waals surface area contributed by atoms with Gasteiger partial charge in [-0.3, -0.25) is 14.8 Å². The number of carbonyl (C=O) groups excluding carboxylic acids is 3. The van der Waals surface area contributed by atoms with E-state index in [1.807, 2.05) is 42.8 Å². The van der Waals surface area contributed by atoms with Crippen LogP contribution < -0.4 is 10.6 Å². The summed E-state index contributed by atoms with van der Waals surface area (Å²) in [4.78, 5) is 36.8. The Hall–Kier alpha value is -3.20. The molecule has 0 aliphatic carbocycles. The standard InChI is InChI=1S/C20H22N4O4S/c1-11-5-7-14(8-6-11)10-24-18-15(12(2)23-24)9-16(29-18)19(26)28-13(3)17(25)22-20(27)21-4/h5-9,13H,10H2,1-4H3,(H2,21,22,25,27)/t13-/m0/s1. The van der Waals surface area contributed by atoms with Crippen LogP contribution in [0, 0.1) is 13.8 Å². The van der Waals surface area contributed by atoms with Crippen molar-refractivity contribution < 1.29 is 19.1 Å². The van der Waals surface area contributed by atoms with Gasteiger partial charge in [0.15, 0.2) is 6.10 Å². The lowest BCUT2D eigenvalue weighted by molar-refractivity contribution is -0.127. The predicted molar refractivity (Wildman–Crippen MR) is 110 cm³/mol. The molecule has 0 fully saturated rings. The molecule has 3 amide bonds. The Morgan fingerprint density at radius 1 is 1.21 bits per heavy atom. The van der Waals surface area contributed by atoms with E-state index in [-0.39, 0.29) is 0 Å².